The number of halogens is 2. The van der Waals surface area contributed by atoms with Crippen LogP contribution in [0.4, 0.5) is 8.78 Å². The fraction of sp³-hybridized carbons (Fsp3) is 0.235. The van der Waals surface area contributed by atoms with E-state index in [1.165, 1.54) is 6.07 Å². The standard InChI is InChI=1S/C17H16F2O2/c1-2-21-17(13-6-4-3-5-7-13)16(20)11-12-8-9-14(18)15(19)10-12/h3-10,17H,2,11H2,1H3. The van der Waals surface area contributed by atoms with Gasteiger partial charge < -0.3 is 4.74 Å². The van der Waals surface area contributed by atoms with Crippen molar-refractivity contribution < 1.29 is 18.3 Å². The molecule has 0 N–H and O–H groups in total. The predicted molar refractivity (Wildman–Crippen MR) is 75.9 cm³/mol. The van der Waals surface area contributed by atoms with Crippen molar-refractivity contribution in [3.8, 4) is 0 Å². The number of benzene rings is 2. The number of rotatable bonds is 6. The van der Waals surface area contributed by atoms with Crippen molar-refractivity contribution in [2.75, 3.05) is 6.61 Å². The van der Waals surface area contributed by atoms with Gasteiger partial charge in [0.2, 0.25) is 0 Å². The molecule has 0 aliphatic carbocycles. The molecule has 1 unspecified atom stereocenters. The highest BCUT2D eigenvalue weighted by atomic mass is 19.2. The highest BCUT2D eigenvalue weighted by Crippen LogP contribution is 2.21. The van der Waals surface area contributed by atoms with Crippen LogP contribution in [0.1, 0.15) is 24.2 Å². The topological polar surface area (TPSA) is 26.3 Å². The maximum atomic E-state index is 13.2. The number of ether oxygens (including phenoxy) is 1. The summed E-state index contributed by atoms with van der Waals surface area (Å²) in [5.74, 6) is -2.06. The minimum atomic E-state index is -0.951. The summed E-state index contributed by atoms with van der Waals surface area (Å²) < 4.78 is 31.6. The molecule has 2 aromatic rings. The first-order valence-corrected chi connectivity index (χ1v) is 6.75. The number of carbonyl (C=O) groups excluding carboxylic acids is 1. The lowest BCUT2D eigenvalue weighted by Crippen LogP contribution is -2.18. The van der Waals surface area contributed by atoms with Gasteiger partial charge in [-0.3, -0.25) is 4.79 Å². The number of ketones is 1. The van der Waals surface area contributed by atoms with Gasteiger partial charge in [-0.2, -0.15) is 0 Å². The predicted octanol–water partition coefficient (Wildman–Crippen LogP) is 3.85. The Bertz CT molecular complexity index is 611. The van der Waals surface area contributed by atoms with E-state index < -0.39 is 17.7 Å². The Hall–Kier alpha value is -2.07. The first kappa shape index (κ1) is 15.3. The van der Waals surface area contributed by atoms with Crippen molar-refractivity contribution >= 4 is 5.78 Å². The van der Waals surface area contributed by atoms with Crippen LogP contribution in [0.25, 0.3) is 0 Å². The normalized spacial score (nSPS) is 12.1. The van der Waals surface area contributed by atoms with Gasteiger partial charge in [0.1, 0.15) is 6.10 Å². The molecule has 0 saturated heterocycles. The van der Waals surface area contributed by atoms with E-state index in [2.05, 4.69) is 0 Å². The number of hydrogen-bond donors (Lipinski definition) is 0. The van der Waals surface area contributed by atoms with Crippen molar-refractivity contribution in [2.45, 2.75) is 19.4 Å². The molecule has 1 atom stereocenters. The molecule has 2 aromatic carbocycles. The first-order valence-electron chi connectivity index (χ1n) is 6.75. The fourth-order valence-electron chi connectivity index (χ4n) is 2.11. The zero-order valence-electron chi connectivity index (χ0n) is 11.7. The molecule has 4 heteroatoms. The number of carbonyl (C=O) groups is 1. The number of Topliss-reactive ketones (excluding diaryl/α,β-unsaturated/α-hetero) is 1. The zero-order chi connectivity index (χ0) is 15.2. The van der Waals surface area contributed by atoms with E-state index in [0.29, 0.717) is 12.2 Å². The third-order valence-corrected chi connectivity index (χ3v) is 3.09. The smallest absolute Gasteiger partial charge is 0.170 e. The third kappa shape index (κ3) is 3.95. The number of hydrogen-bond acceptors (Lipinski definition) is 2. The van der Waals surface area contributed by atoms with Crippen LogP contribution in [0, 0.1) is 11.6 Å². The summed E-state index contributed by atoms with van der Waals surface area (Å²) in [4.78, 5) is 12.4. The first-order chi connectivity index (χ1) is 10.1. The summed E-state index contributed by atoms with van der Waals surface area (Å²) >= 11 is 0. The zero-order valence-corrected chi connectivity index (χ0v) is 11.7. The molecule has 0 aliphatic rings. The largest absolute Gasteiger partial charge is 0.366 e. The van der Waals surface area contributed by atoms with Gasteiger partial charge in [-0.1, -0.05) is 36.4 Å². The molecule has 0 saturated carbocycles. The van der Waals surface area contributed by atoms with Gasteiger partial charge in [-0.15, -0.1) is 0 Å². The lowest BCUT2D eigenvalue weighted by molar-refractivity contribution is -0.130. The highest BCUT2D eigenvalue weighted by Gasteiger charge is 2.21. The SMILES string of the molecule is CCOC(C(=O)Cc1ccc(F)c(F)c1)c1ccccc1. The molecular formula is C17H16F2O2. The minimum absolute atomic E-state index is 0.00321. The van der Waals surface area contributed by atoms with Crippen molar-refractivity contribution in [2.24, 2.45) is 0 Å². The average Bonchev–Trinajstić information content (AvgIpc) is 2.49. The Balaban J connectivity index is 2.17. The van der Waals surface area contributed by atoms with E-state index in [9.17, 15) is 13.6 Å². The molecule has 0 heterocycles. The van der Waals surface area contributed by atoms with Gasteiger partial charge in [0.05, 0.1) is 0 Å². The van der Waals surface area contributed by atoms with Crippen LogP contribution >= 0.6 is 0 Å². The Labute approximate surface area is 122 Å². The van der Waals surface area contributed by atoms with Crippen LogP contribution in [0.15, 0.2) is 48.5 Å². The van der Waals surface area contributed by atoms with Gasteiger partial charge in [0, 0.05) is 13.0 Å². The molecule has 110 valence electrons. The van der Waals surface area contributed by atoms with Crippen LogP contribution in [0.3, 0.4) is 0 Å². The summed E-state index contributed by atoms with van der Waals surface area (Å²) in [6.07, 6.45) is -0.694. The van der Waals surface area contributed by atoms with Crippen LogP contribution in [0.5, 0.6) is 0 Å². The summed E-state index contributed by atoms with van der Waals surface area (Å²) in [5.41, 5.74) is 1.19. The van der Waals surface area contributed by atoms with Gasteiger partial charge in [-0.25, -0.2) is 8.78 Å². The van der Waals surface area contributed by atoms with Gasteiger partial charge in [0.25, 0.3) is 0 Å². The van der Waals surface area contributed by atoms with Crippen molar-refractivity contribution in [3.63, 3.8) is 0 Å². The lowest BCUT2D eigenvalue weighted by Gasteiger charge is -2.16. The van der Waals surface area contributed by atoms with Crippen molar-refractivity contribution in [1.82, 2.24) is 0 Å². The van der Waals surface area contributed by atoms with Crippen LogP contribution < -0.4 is 0 Å². The molecule has 0 aliphatic heterocycles. The maximum absolute atomic E-state index is 13.2. The molecule has 0 fully saturated rings. The second kappa shape index (κ2) is 7.09. The molecule has 0 amide bonds. The average molecular weight is 290 g/mol. The monoisotopic (exact) mass is 290 g/mol. The Kier molecular flexibility index (Phi) is 5.17. The molecule has 0 radical (unpaired) electrons. The molecular weight excluding hydrogens is 274 g/mol. The van der Waals surface area contributed by atoms with Crippen LogP contribution in [0.2, 0.25) is 0 Å². The quantitative estimate of drug-likeness (QED) is 0.807. The second-order valence-electron chi connectivity index (χ2n) is 4.64. The van der Waals surface area contributed by atoms with Gasteiger partial charge >= 0.3 is 0 Å². The molecule has 2 nitrogen and oxygen atoms in total. The van der Waals surface area contributed by atoms with Crippen molar-refractivity contribution in [1.29, 1.82) is 0 Å². The molecule has 0 aromatic heterocycles. The molecule has 0 spiro atoms. The lowest BCUT2D eigenvalue weighted by atomic mass is 9.99. The molecule has 21 heavy (non-hydrogen) atoms. The minimum Gasteiger partial charge on any atom is -0.366 e. The summed E-state index contributed by atoms with van der Waals surface area (Å²) in [6.45, 7) is 2.20. The fourth-order valence-corrected chi connectivity index (χ4v) is 2.11. The van der Waals surface area contributed by atoms with Crippen LogP contribution in [-0.2, 0) is 16.0 Å². The van der Waals surface area contributed by atoms with E-state index in [1.807, 2.05) is 30.3 Å². The highest BCUT2D eigenvalue weighted by molar-refractivity contribution is 5.86. The van der Waals surface area contributed by atoms with E-state index in [-0.39, 0.29) is 12.2 Å². The summed E-state index contributed by atoms with van der Waals surface area (Å²) in [5, 5.41) is 0. The van der Waals surface area contributed by atoms with E-state index in [4.69, 9.17) is 4.74 Å². The Morgan fingerprint density at radius 3 is 2.43 bits per heavy atom. The van der Waals surface area contributed by atoms with Crippen molar-refractivity contribution in [3.05, 3.63) is 71.3 Å². The van der Waals surface area contributed by atoms with Crippen LogP contribution in [-0.4, -0.2) is 12.4 Å². The van der Waals surface area contributed by atoms with E-state index >= 15 is 0 Å². The Morgan fingerprint density at radius 1 is 1.10 bits per heavy atom. The maximum Gasteiger partial charge on any atom is 0.170 e. The summed E-state index contributed by atoms with van der Waals surface area (Å²) in [6, 6.07) is 12.6. The van der Waals surface area contributed by atoms with E-state index in [1.54, 1.807) is 6.92 Å². The molecule has 2 rings (SSSR count). The van der Waals surface area contributed by atoms with Gasteiger partial charge in [0.15, 0.2) is 17.4 Å². The van der Waals surface area contributed by atoms with E-state index in [0.717, 1.165) is 17.7 Å². The Morgan fingerprint density at radius 2 is 1.81 bits per heavy atom. The third-order valence-electron chi connectivity index (χ3n) is 3.09. The van der Waals surface area contributed by atoms with Gasteiger partial charge in [-0.05, 0) is 30.2 Å². The second-order valence-corrected chi connectivity index (χ2v) is 4.64. The summed E-state index contributed by atoms with van der Waals surface area (Å²) in [7, 11) is 0. The molecule has 0 bridgehead atoms.